The van der Waals surface area contributed by atoms with Gasteiger partial charge >= 0.3 is 0 Å². The van der Waals surface area contributed by atoms with E-state index in [1.807, 2.05) is 0 Å². The van der Waals surface area contributed by atoms with Crippen molar-refractivity contribution in [3.8, 4) is 0 Å². The van der Waals surface area contributed by atoms with Crippen molar-refractivity contribution in [1.82, 2.24) is 0 Å². The summed E-state index contributed by atoms with van der Waals surface area (Å²) in [5.74, 6) is 0. The highest BCUT2D eigenvalue weighted by Gasteiger charge is 2.05. The van der Waals surface area contributed by atoms with Crippen molar-refractivity contribution in [3.05, 3.63) is 47.0 Å². The summed E-state index contributed by atoms with van der Waals surface area (Å²) >= 11 is 0. The molecule has 0 bridgehead atoms. The molecule has 0 aliphatic rings. The Morgan fingerprint density at radius 1 is 0.684 bits per heavy atom. The van der Waals surface area contributed by atoms with E-state index < -0.39 is 0 Å². The minimum atomic E-state index is 1.19. The van der Waals surface area contributed by atoms with E-state index in [4.69, 9.17) is 0 Å². The molecule has 0 aliphatic carbocycles. The van der Waals surface area contributed by atoms with E-state index in [0.29, 0.717) is 0 Å². The Morgan fingerprint density at radius 2 is 1.32 bits per heavy atom. The maximum atomic E-state index is 2.43. The molecule has 0 N–H and O–H groups in total. The van der Waals surface area contributed by atoms with Crippen LogP contribution >= 0.6 is 0 Å². The number of fused-ring (bicyclic) bond motifs is 1. The number of hydrogen-bond donors (Lipinski definition) is 0. The van der Waals surface area contributed by atoms with Crippen LogP contribution in [0.5, 0.6) is 0 Å². The molecule has 2 aromatic carbocycles. The number of benzene rings is 2. The van der Waals surface area contributed by atoms with Crippen LogP contribution in [0.2, 0.25) is 0 Å². The lowest BCUT2D eigenvalue weighted by Crippen LogP contribution is -1.93. The van der Waals surface area contributed by atoms with Crippen molar-refractivity contribution in [3.63, 3.8) is 0 Å². The van der Waals surface area contributed by atoms with E-state index in [1.165, 1.54) is 66.0 Å². The van der Waals surface area contributed by atoms with Gasteiger partial charge in [0, 0.05) is 0 Å². The second-order valence-corrected chi connectivity index (χ2v) is 5.56. The summed E-state index contributed by atoms with van der Waals surface area (Å²) in [6.07, 6.45) is 7.26. The highest BCUT2D eigenvalue weighted by molar-refractivity contribution is 5.87. The van der Waals surface area contributed by atoms with Gasteiger partial charge < -0.3 is 0 Å². The fourth-order valence-corrected chi connectivity index (χ4v) is 2.92. The quantitative estimate of drug-likeness (QED) is 0.620. The van der Waals surface area contributed by atoms with E-state index in [1.54, 1.807) is 0 Å². The first-order chi connectivity index (χ1) is 9.28. The first-order valence-corrected chi connectivity index (χ1v) is 7.82. The summed E-state index contributed by atoms with van der Waals surface area (Å²) in [6.45, 7) is 6.78. The van der Waals surface area contributed by atoms with Crippen molar-refractivity contribution < 1.29 is 0 Å². The van der Waals surface area contributed by atoms with Crippen molar-refractivity contribution in [2.24, 2.45) is 0 Å². The molecule has 0 amide bonds. The van der Waals surface area contributed by atoms with Gasteiger partial charge in [0.1, 0.15) is 0 Å². The van der Waals surface area contributed by atoms with E-state index in [2.05, 4.69) is 51.1 Å². The van der Waals surface area contributed by atoms with Gasteiger partial charge in [0.25, 0.3) is 0 Å². The molecule has 19 heavy (non-hydrogen) atoms. The first kappa shape index (κ1) is 14.1. The summed E-state index contributed by atoms with van der Waals surface area (Å²) in [6, 6.07) is 11.9. The Balaban J connectivity index is 2.51. The Bertz CT molecular complexity index is 532. The van der Waals surface area contributed by atoms with Crippen LogP contribution in [-0.2, 0) is 19.3 Å². The number of hydrogen-bond acceptors (Lipinski definition) is 0. The van der Waals surface area contributed by atoms with Gasteiger partial charge in [-0.05, 0) is 46.7 Å². The van der Waals surface area contributed by atoms with Crippen LogP contribution in [0.4, 0.5) is 0 Å². The Labute approximate surface area is 117 Å². The summed E-state index contributed by atoms with van der Waals surface area (Å²) < 4.78 is 0. The van der Waals surface area contributed by atoms with Crippen LogP contribution in [-0.4, -0.2) is 0 Å². The van der Waals surface area contributed by atoms with E-state index in [9.17, 15) is 0 Å². The average Bonchev–Trinajstić information content (AvgIpc) is 2.39. The maximum Gasteiger partial charge on any atom is -0.0152 e. The van der Waals surface area contributed by atoms with E-state index in [0.717, 1.165) is 0 Å². The Hall–Kier alpha value is -1.30. The van der Waals surface area contributed by atoms with Gasteiger partial charge in [0.15, 0.2) is 0 Å². The summed E-state index contributed by atoms with van der Waals surface area (Å²) in [7, 11) is 0. The van der Waals surface area contributed by atoms with Gasteiger partial charge in [0.05, 0.1) is 0 Å². The Kier molecular flexibility index (Phi) is 5.01. The molecule has 2 aromatic rings. The molecule has 2 rings (SSSR count). The maximum absolute atomic E-state index is 2.43. The fourth-order valence-electron chi connectivity index (χ4n) is 2.92. The summed E-state index contributed by atoms with van der Waals surface area (Å²) in [5, 5.41) is 2.90. The molecule has 0 radical (unpaired) electrons. The SMILES string of the molecule is CCCc1ccc2c(CCC)cc(CCC)cc2c1. The zero-order chi connectivity index (χ0) is 13.7. The number of aryl methyl sites for hydroxylation is 3. The van der Waals surface area contributed by atoms with Crippen molar-refractivity contribution in [2.75, 3.05) is 0 Å². The van der Waals surface area contributed by atoms with Crippen molar-refractivity contribution >= 4 is 10.8 Å². The van der Waals surface area contributed by atoms with Crippen LogP contribution in [0.3, 0.4) is 0 Å². The number of rotatable bonds is 6. The molecule has 0 nitrogen and oxygen atoms in total. The zero-order valence-corrected chi connectivity index (χ0v) is 12.6. The standard InChI is InChI=1S/C19H26/c1-4-7-15-10-11-19-17(9-6-3)13-16(8-5-2)14-18(19)12-15/h10-14H,4-9H2,1-3H3. The second kappa shape index (κ2) is 6.75. The lowest BCUT2D eigenvalue weighted by atomic mass is 9.94. The highest BCUT2D eigenvalue weighted by atomic mass is 14.1. The molecule has 0 unspecified atom stereocenters. The molecule has 102 valence electrons. The van der Waals surface area contributed by atoms with Crippen molar-refractivity contribution in [2.45, 2.75) is 59.3 Å². The fraction of sp³-hybridized carbons (Fsp3) is 0.474. The summed E-state index contributed by atoms with van der Waals surface area (Å²) in [5.41, 5.74) is 4.52. The molecule has 0 atom stereocenters. The van der Waals surface area contributed by atoms with E-state index in [-0.39, 0.29) is 0 Å². The smallest absolute Gasteiger partial charge is 0.0152 e. The van der Waals surface area contributed by atoms with Crippen LogP contribution in [0.1, 0.15) is 56.7 Å². The molecule has 0 saturated carbocycles. The third kappa shape index (κ3) is 3.37. The molecule has 0 aliphatic heterocycles. The molecule has 0 aromatic heterocycles. The van der Waals surface area contributed by atoms with E-state index >= 15 is 0 Å². The monoisotopic (exact) mass is 254 g/mol. The van der Waals surface area contributed by atoms with Gasteiger partial charge in [-0.25, -0.2) is 0 Å². The minimum Gasteiger partial charge on any atom is -0.0651 e. The minimum absolute atomic E-state index is 1.19. The van der Waals surface area contributed by atoms with Gasteiger partial charge in [0.2, 0.25) is 0 Å². The van der Waals surface area contributed by atoms with Gasteiger partial charge in [-0.1, -0.05) is 70.4 Å². The third-order valence-electron chi connectivity index (χ3n) is 3.76. The molecular weight excluding hydrogens is 228 g/mol. The highest BCUT2D eigenvalue weighted by Crippen LogP contribution is 2.25. The average molecular weight is 254 g/mol. The molecule has 0 heterocycles. The molecule has 0 spiro atoms. The van der Waals surface area contributed by atoms with Crippen LogP contribution in [0.25, 0.3) is 10.8 Å². The van der Waals surface area contributed by atoms with Crippen LogP contribution < -0.4 is 0 Å². The molecular formula is C19H26. The predicted octanol–water partition coefficient (Wildman–Crippen LogP) is 5.70. The van der Waals surface area contributed by atoms with Gasteiger partial charge in [-0.3, -0.25) is 0 Å². The van der Waals surface area contributed by atoms with Crippen LogP contribution in [0, 0.1) is 0 Å². The molecule has 0 fully saturated rings. The molecule has 0 saturated heterocycles. The topological polar surface area (TPSA) is 0 Å². The van der Waals surface area contributed by atoms with Crippen LogP contribution in [0.15, 0.2) is 30.3 Å². The lowest BCUT2D eigenvalue weighted by Gasteiger charge is -2.11. The predicted molar refractivity (Wildman–Crippen MR) is 85.9 cm³/mol. The zero-order valence-electron chi connectivity index (χ0n) is 12.6. The van der Waals surface area contributed by atoms with Crippen molar-refractivity contribution in [1.29, 1.82) is 0 Å². The normalized spacial score (nSPS) is 11.1. The first-order valence-electron chi connectivity index (χ1n) is 7.82. The van der Waals surface area contributed by atoms with Gasteiger partial charge in [-0.2, -0.15) is 0 Å². The Morgan fingerprint density at radius 3 is 2.00 bits per heavy atom. The second-order valence-electron chi connectivity index (χ2n) is 5.56. The van der Waals surface area contributed by atoms with Gasteiger partial charge in [-0.15, -0.1) is 0 Å². The molecule has 0 heteroatoms. The largest absolute Gasteiger partial charge is 0.0651 e. The lowest BCUT2D eigenvalue weighted by molar-refractivity contribution is 0.901. The third-order valence-corrected chi connectivity index (χ3v) is 3.76. The summed E-state index contributed by atoms with van der Waals surface area (Å²) in [4.78, 5) is 0.